The largest absolute Gasteiger partial charge is 0.351 e. The monoisotopic (exact) mass is 525 g/mol. The normalized spacial score (nSPS) is 17.5. The van der Waals surface area contributed by atoms with Crippen LogP contribution in [0.3, 0.4) is 0 Å². The van der Waals surface area contributed by atoms with Crippen molar-refractivity contribution in [2.45, 2.75) is 45.6 Å². The zero-order valence-corrected chi connectivity index (χ0v) is 22.8. The molecular formula is C30H32ClN7. The third kappa shape index (κ3) is 4.40. The van der Waals surface area contributed by atoms with E-state index in [0.717, 1.165) is 64.2 Å². The standard InChI is InChI=1S/C28H26ClN7.C2H6/c1-16-13-30-10-11-36(16)28-25-21(17-6-7-17)14-31-15-24(25)34-27(35-28)18-8-9-32-26-20(18)12-23(33-26)19-4-2-3-5-22(19)29;1-2/h2-5,8-9,12,14-17,30H,6-7,10-11,13H2,1H3,(H,32,33);1-2H3/t16-;/m0./s1. The Kier molecular flexibility index (Phi) is 6.72. The molecule has 38 heavy (non-hydrogen) atoms. The van der Waals surface area contributed by atoms with E-state index in [0.29, 0.717) is 22.8 Å². The van der Waals surface area contributed by atoms with Gasteiger partial charge in [0.25, 0.3) is 0 Å². The van der Waals surface area contributed by atoms with Crippen LogP contribution in [0.15, 0.2) is 55.0 Å². The van der Waals surface area contributed by atoms with Gasteiger partial charge in [-0.2, -0.15) is 0 Å². The Labute approximate surface area is 227 Å². The van der Waals surface area contributed by atoms with Gasteiger partial charge in [0.1, 0.15) is 11.5 Å². The molecule has 1 aliphatic heterocycles. The molecule has 2 fully saturated rings. The molecule has 5 heterocycles. The van der Waals surface area contributed by atoms with Crippen molar-refractivity contribution in [1.29, 1.82) is 0 Å². The number of fused-ring (bicyclic) bond motifs is 2. The highest BCUT2D eigenvalue weighted by atomic mass is 35.5. The Hall–Kier alpha value is -3.55. The summed E-state index contributed by atoms with van der Waals surface area (Å²) in [6.45, 7) is 9.03. The smallest absolute Gasteiger partial charge is 0.163 e. The number of rotatable bonds is 4. The van der Waals surface area contributed by atoms with E-state index in [-0.39, 0.29) is 0 Å². The first-order valence-electron chi connectivity index (χ1n) is 13.5. The molecule has 7 nitrogen and oxygen atoms in total. The summed E-state index contributed by atoms with van der Waals surface area (Å²) in [4.78, 5) is 25.4. The number of anilines is 1. The molecule has 8 heteroatoms. The number of pyridine rings is 2. The van der Waals surface area contributed by atoms with Crippen LogP contribution in [-0.2, 0) is 0 Å². The third-order valence-electron chi connectivity index (χ3n) is 7.34. The van der Waals surface area contributed by atoms with E-state index in [1.165, 1.54) is 18.4 Å². The number of hydrogen-bond acceptors (Lipinski definition) is 6. The Bertz CT molecular complexity index is 1610. The quantitative estimate of drug-likeness (QED) is 0.275. The van der Waals surface area contributed by atoms with Gasteiger partial charge in [-0.25, -0.2) is 15.0 Å². The Morgan fingerprint density at radius 1 is 1.03 bits per heavy atom. The third-order valence-corrected chi connectivity index (χ3v) is 7.67. The Balaban J connectivity index is 0.00000129. The van der Waals surface area contributed by atoms with Crippen molar-refractivity contribution in [3.8, 4) is 22.6 Å². The fourth-order valence-electron chi connectivity index (χ4n) is 5.32. The fourth-order valence-corrected chi connectivity index (χ4v) is 5.56. The van der Waals surface area contributed by atoms with E-state index in [9.17, 15) is 0 Å². The van der Waals surface area contributed by atoms with Crippen LogP contribution in [-0.4, -0.2) is 50.6 Å². The molecule has 0 amide bonds. The number of piperazine rings is 1. The number of halogens is 1. The Morgan fingerprint density at radius 2 is 1.87 bits per heavy atom. The van der Waals surface area contributed by atoms with Gasteiger partial charge in [0.05, 0.1) is 11.7 Å². The maximum Gasteiger partial charge on any atom is 0.163 e. The molecule has 0 spiro atoms. The second-order valence-electron chi connectivity index (χ2n) is 9.80. The predicted octanol–water partition coefficient (Wildman–Crippen LogP) is 6.59. The number of nitrogens with zero attached hydrogens (tertiary/aromatic N) is 5. The molecule has 2 N–H and O–H groups in total. The maximum atomic E-state index is 6.49. The van der Waals surface area contributed by atoms with Gasteiger partial charge in [0, 0.05) is 70.7 Å². The summed E-state index contributed by atoms with van der Waals surface area (Å²) in [7, 11) is 0. The molecule has 0 bridgehead atoms. The predicted molar refractivity (Wildman–Crippen MR) is 156 cm³/mol. The van der Waals surface area contributed by atoms with Crippen LogP contribution in [0, 0.1) is 0 Å². The molecule has 1 aliphatic carbocycles. The first kappa shape index (κ1) is 24.8. The van der Waals surface area contributed by atoms with Crippen LogP contribution in [0.2, 0.25) is 5.02 Å². The zero-order valence-electron chi connectivity index (χ0n) is 22.0. The van der Waals surface area contributed by atoms with Gasteiger partial charge in [0.15, 0.2) is 5.82 Å². The number of aromatic nitrogens is 5. The lowest BCUT2D eigenvalue weighted by atomic mass is 10.1. The van der Waals surface area contributed by atoms with E-state index in [4.69, 9.17) is 21.6 Å². The molecule has 4 aromatic heterocycles. The molecule has 1 saturated carbocycles. The second kappa shape index (κ2) is 10.3. The molecule has 5 aromatic rings. The van der Waals surface area contributed by atoms with Crippen LogP contribution in [0.1, 0.15) is 45.1 Å². The molecule has 7 rings (SSSR count). The topological polar surface area (TPSA) is 82.6 Å². The molecule has 194 valence electrons. The number of benzene rings is 1. The van der Waals surface area contributed by atoms with Crippen molar-refractivity contribution in [3.05, 3.63) is 65.6 Å². The molecule has 2 aliphatic rings. The molecule has 0 radical (unpaired) electrons. The van der Waals surface area contributed by atoms with Crippen molar-refractivity contribution < 1.29 is 0 Å². The SMILES string of the molecule is CC.C[C@H]1CNCCN1c1nc(-c2ccnc3[nH]c(-c4ccccc4Cl)cc23)nc2cncc(C3CC3)c12. The molecular weight excluding hydrogens is 494 g/mol. The number of H-pyrrole nitrogens is 1. The average Bonchev–Trinajstić information content (AvgIpc) is 3.71. The van der Waals surface area contributed by atoms with Crippen LogP contribution in [0.4, 0.5) is 5.82 Å². The summed E-state index contributed by atoms with van der Waals surface area (Å²) in [5, 5.41) is 6.32. The van der Waals surface area contributed by atoms with Gasteiger partial charge in [-0.1, -0.05) is 43.6 Å². The van der Waals surface area contributed by atoms with E-state index >= 15 is 0 Å². The number of nitrogens with one attached hydrogen (secondary N) is 2. The maximum absolute atomic E-state index is 6.49. The van der Waals surface area contributed by atoms with Crippen LogP contribution < -0.4 is 10.2 Å². The van der Waals surface area contributed by atoms with E-state index in [2.05, 4.69) is 38.2 Å². The number of aromatic amines is 1. The Morgan fingerprint density at radius 3 is 2.66 bits per heavy atom. The average molecular weight is 526 g/mol. The van der Waals surface area contributed by atoms with Gasteiger partial charge in [-0.05, 0) is 49.4 Å². The minimum Gasteiger partial charge on any atom is -0.351 e. The van der Waals surface area contributed by atoms with Gasteiger partial charge in [0.2, 0.25) is 0 Å². The summed E-state index contributed by atoms with van der Waals surface area (Å²) < 4.78 is 0. The zero-order chi connectivity index (χ0) is 26.2. The van der Waals surface area contributed by atoms with Crippen molar-refractivity contribution >= 4 is 39.4 Å². The minimum atomic E-state index is 0.335. The highest BCUT2D eigenvalue weighted by Crippen LogP contribution is 2.45. The first-order valence-corrected chi connectivity index (χ1v) is 13.9. The van der Waals surface area contributed by atoms with E-state index in [1.807, 2.05) is 62.8 Å². The minimum absolute atomic E-state index is 0.335. The van der Waals surface area contributed by atoms with Gasteiger partial charge < -0.3 is 15.2 Å². The highest BCUT2D eigenvalue weighted by Gasteiger charge is 2.30. The van der Waals surface area contributed by atoms with Gasteiger partial charge >= 0.3 is 0 Å². The lowest BCUT2D eigenvalue weighted by Crippen LogP contribution is -2.50. The molecule has 1 aromatic carbocycles. The second-order valence-corrected chi connectivity index (χ2v) is 10.2. The summed E-state index contributed by atoms with van der Waals surface area (Å²) in [6, 6.07) is 12.3. The van der Waals surface area contributed by atoms with Crippen molar-refractivity contribution in [3.63, 3.8) is 0 Å². The molecule has 0 unspecified atom stereocenters. The van der Waals surface area contributed by atoms with Crippen LogP contribution in [0.25, 0.3) is 44.6 Å². The molecule has 1 atom stereocenters. The number of hydrogen-bond donors (Lipinski definition) is 2. The molecule has 1 saturated heterocycles. The van der Waals surface area contributed by atoms with Crippen LogP contribution in [0.5, 0.6) is 0 Å². The lowest BCUT2D eigenvalue weighted by molar-refractivity contribution is 0.498. The summed E-state index contributed by atoms with van der Waals surface area (Å²) in [5.74, 6) is 2.26. The fraction of sp³-hybridized carbons (Fsp3) is 0.333. The highest BCUT2D eigenvalue weighted by molar-refractivity contribution is 6.33. The van der Waals surface area contributed by atoms with Crippen LogP contribution >= 0.6 is 11.6 Å². The van der Waals surface area contributed by atoms with Gasteiger partial charge in [-0.15, -0.1) is 0 Å². The van der Waals surface area contributed by atoms with Crippen molar-refractivity contribution in [2.24, 2.45) is 0 Å². The lowest BCUT2D eigenvalue weighted by Gasteiger charge is -2.36. The summed E-state index contributed by atoms with van der Waals surface area (Å²) in [6.07, 6.45) is 8.13. The van der Waals surface area contributed by atoms with E-state index in [1.54, 1.807) is 0 Å². The van der Waals surface area contributed by atoms with E-state index < -0.39 is 0 Å². The van der Waals surface area contributed by atoms with Gasteiger partial charge in [-0.3, -0.25) is 4.98 Å². The van der Waals surface area contributed by atoms with Crippen molar-refractivity contribution in [1.82, 2.24) is 30.2 Å². The summed E-state index contributed by atoms with van der Waals surface area (Å²) in [5.41, 5.74) is 5.77. The van der Waals surface area contributed by atoms with Crippen molar-refractivity contribution in [2.75, 3.05) is 24.5 Å². The summed E-state index contributed by atoms with van der Waals surface area (Å²) >= 11 is 6.49. The first-order chi connectivity index (χ1) is 18.7.